The van der Waals surface area contributed by atoms with Crippen LogP contribution >= 0.6 is 0 Å². The van der Waals surface area contributed by atoms with E-state index in [1.165, 1.54) is 6.07 Å². The van der Waals surface area contributed by atoms with E-state index < -0.39 is 0 Å². The van der Waals surface area contributed by atoms with Gasteiger partial charge in [0.1, 0.15) is 17.4 Å². The fourth-order valence-corrected chi connectivity index (χ4v) is 5.48. The lowest BCUT2D eigenvalue weighted by Gasteiger charge is -2.56. The third-order valence-corrected chi connectivity index (χ3v) is 7.23. The third-order valence-electron chi connectivity index (χ3n) is 7.23. The zero-order valence-electron chi connectivity index (χ0n) is 21.3. The number of pyridine rings is 1. The van der Waals surface area contributed by atoms with Crippen molar-refractivity contribution in [2.75, 3.05) is 25.1 Å². The summed E-state index contributed by atoms with van der Waals surface area (Å²) in [6.45, 7) is 6.52. The molecule has 4 aromatic rings. The summed E-state index contributed by atoms with van der Waals surface area (Å²) in [6, 6.07) is 14.0. The molecule has 8 nitrogen and oxygen atoms in total. The van der Waals surface area contributed by atoms with E-state index >= 15 is 0 Å². The number of methoxy groups -OCH3 is 1. The Morgan fingerprint density at radius 3 is 2.57 bits per heavy atom. The van der Waals surface area contributed by atoms with Crippen LogP contribution in [-0.4, -0.2) is 62.3 Å². The Morgan fingerprint density at radius 2 is 1.86 bits per heavy atom. The zero-order valence-corrected chi connectivity index (χ0v) is 21.3. The predicted molar refractivity (Wildman–Crippen MR) is 139 cm³/mol. The first-order valence-corrected chi connectivity index (χ1v) is 12.6. The Kier molecular flexibility index (Phi) is 6.08. The minimum Gasteiger partial charge on any atom is -0.497 e. The number of piperazine rings is 1. The lowest BCUT2D eigenvalue weighted by molar-refractivity contribution is -0.00878. The number of H-pyrrole nitrogens is 1. The number of piperidine rings is 1. The minimum atomic E-state index is -0.258. The summed E-state index contributed by atoms with van der Waals surface area (Å²) in [5, 5.41) is 7.31. The largest absolute Gasteiger partial charge is 0.497 e. The highest BCUT2D eigenvalue weighted by Gasteiger charge is 2.44. The van der Waals surface area contributed by atoms with Crippen LogP contribution in [0.4, 0.5) is 10.2 Å². The number of benzene rings is 1. The number of halogens is 1. The van der Waals surface area contributed by atoms with E-state index in [4.69, 9.17) is 14.7 Å². The topological polar surface area (TPSA) is 83.1 Å². The normalized spacial score (nSPS) is 19.1. The maximum absolute atomic E-state index is 13.9. The molecule has 3 aliphatic heterocycles. The van der Waals surface area contributed by atoms with Gasteiger partial charge in [-0.05, 0) is 62.2 Å². The molecule has 9 heteroatoms. The van der Waals surface area contributed by atoms with Gasteiger partial charge in [0.15, 0.2) is 5.82 Å². The number of nitrogens with one attached hydrogen (secondary N) is 1. The Balaban J connectivity index is 1.12. The number of hydrogen-bond acceptors (Lipinski definition) is 7. The average molecular weight is 500 g/mol. The smallest absolute Gasteiger partial charge is 0.161 e. The van der Waals surface area contributed by atoms with Crippen molar-refractivity contribution in [3.63, 3.8) is 0 Å². The fourth-order valence-electron chi connectivity index (χ4n) is 5.48. The molecule has 0 saturated carbocycles. The summed E-state index contributed by atoms with van der Waals surface area (Å²) in [5.41, 5.74) is 5.70. The molecule has 3 fully saturated rings. The van der Waals surface area contributed by atoms with Crippen LogP contribution in [0.15, 0.2) is 48.7 Å². The van der Waals surface area contributed by atoms with Crippen molar-refractivity contribution < 1.29 is 9.13 Å². The van der Waals surface area contributed by atoms with Crippen molar-refractivity contribution in [3.8, 4) is 17.1 Å². The molecule has 2 bridgehead atoms. The van der Waals surface area contributed by atoms with Gasteiger partial charge >= 0.3 is 0 Å². The maximum Gasteiger partial charge on any atom is 0.161 e. The third kappa shape index (κ3) is 4.91. The molecule has 37 heavy (non-hydrogen) atoms. The first kappa shape index (κ1) is 23.5. The molecule has 0 amide bonds. The maximum atomic E-state index is 13.9. The van der Waals surface area contributed by atoms with Crippen molar-refractivity contribution in [1.82, 2.24) is 30.0 Å². The van der Waals surface area contributed by atoms with Crippen LogP contribution in [0.25, 0.3) is 11.4 Å². The van der Waals surface area contributed by atoms with E-state index in [9.17, 15) is 4.39 Å². The number of aromatic nitrogens is 5. The van der Waals surface area contributed by atoms with Crippen LogP contribution < -0.4 is 9.64 Å². The summed E-state index contributed by atoms with van der Waals surface area (Å²) >= 11 is 0. The molecule has 7 rings (SSSR count). The average Bonchev–Trinajstić information content (AvgIpc) is 3.31. The highest BCUT2D eigenvalue weighted by Crippen LogP contribution is 2.36. The summed E-state index contributed by atoms with van der Waals surface area (Å²) in [5.74, 6) is 1.95. The van der Waals surface area contributed by atoms with Gasteiger partial charge in [0.25, 0.3) is 0 Å². The van der Waals surface area contributed by atoms with Crippen LogP contribution in [0.2, 0.25) is 0 Å². The first-order valence-electron chi connectivity index (χ1n) is 12.6. The highest BCUT2D eigenvalue weighted by atomic mass is 19.1. The van der Waals surface area contributed by atoms with E-state index in [0.717, 1.165) is 65.8 Å². The number of hydrogen-bond donors (Lipinski definition) is 1. The molecule has 3 saturated heterocycles. The van der Waals surface area contributed by atoms with E-state index in [1.807, 2.05) is 38.2 Å². The van der Waals surface area contributed by atoms with Crippen molar-refractivity contribution in [2.45, 2.75) is 45.3 Å². The van der Waals surface area contributed by atoms with Gasteiger partial charge in [-0.25, -0.2) is 19.3 Å². The molecule has 2 unspecified atom stereocenters. The van der Waals surface area contributed by atoms with E-state index in [2.05, 4.69) is 37.1 Å². The predicted octanol–water partition coefficient (Wildman–Crippen LogP) is 4.08. The van der Waals surface area contributed by atoms with Gasteiger partial charge in [-0.3, -0.25) is 10.00 Å². The second-order valence-electron chi connectivity index (χ2n) is 10.1. The minimum absolute atomic E-state index is 0.258. The second-order valence-corrected chi connectivity index (χ2v) is 10.1. The van der Waals surface area contributed by atoms with E-state index in [1.54, 1.807) is 13.2 Å². The van der Waals surface area contributed by atoms with Crippen LogP contribution in [0.1, 0.15) is 34.8 Å². The number of aromatic amines is 1. The molecule has 0 aliphatic carbocycles. The summed E-state index contributed by atoms with van der Waals surface area (Å²) in [6.07, 6.45) is 3.68. The fraction of sp³-hybridized carbons (Fsp3) is 0.357. The lowest BCUT2D eigenvalue weighted by Crippen LogP contribution is -2.68. The van der Waals surface area contributed by atoms with Gasteiger partial charge in [0.2, 0.25) is 0 Å². The van der Waals surface area contributed by atoms with Gasteiger partial charge in [-0.2, -0.15) is 5.10 Å². The molecular formula is C28H30FN7O. The molecule has 190 valence electrons. The Hall–Kier alpha value is -3.85. The van der Waals surface area contributed by atoms with Gasteiger partial charge < -0.3 is 9.64 Å². The molecular weight excluding hydrogens is 469 g/mol. The van der Waals surface area contributed by atoms with Crippen LogP contribution in [0, 0.1) is 19.7 Å². The number of fused-ring (bicyclic) bond motifs is 2. The van der Waals surface area contributed by atoms with E-state index in [0.29, 0.717) is 30.1 Å². The van der Waals surface area contributed by atoms with Gasteiger partial charge in [0.05, 0.1) is 18.5 Å². The van der Waals surface area contributed by atoms with Crippen molar-refractivity contribution in [3.05, 3.63) is 82.8 Å². The Labute approximate surface area is 215 Å². The van der Waals surface area contributed by atoms with Gasteiger partial charge in [0, 0.05) is 67.4 Å². The standard InChI is InChI=1S/C28H30FN7O/c1-17-6-22(11-23-7-18(2)33-34-23)32-28(31-17)20-4-5-27(30-13-20)35-15-24-12-25(16-35)36(24)14-19-8-21(29)10-26(9-19)37-3/h4-10,13,24-25H,11-12,14-16H2,1-3H3,(H,33,34). The molecule has 3 aromatic heterocycles. The van der Waals surface area contributed by atoms with Crippen molar-refractivity contribution >= 4 is 5.82 Å². The molecule has 0 spiro atoms. The number of anilines is 1. The van der Waals surface area contributed by atoms with Crippen molar-refractivity contribution in [2.24, 2.45) is 0 Å². The number of nitrogens with zero attached hydrogens (tertiary/aromatic N) is 6. The van der Waals surface area contributed by atoms with Crippen LogP contribution in [0.3, 0.4) is 0 Å². The van der Waals surface area contributed by atoms with Crippen molar-refractivity contribution in [1.29, 1.82) is 0 Å². The van der Waals surface area contributed by atoms with Crippen LogP contribution in [-0.2, 0) is 13.0 Å². The lowest BCUT2D eigenvalue weighted by atomic mass is 9.86. The highest BCUT2D eigenvalue weighted by molar-refractivity contribution is 5.57. The molecule has 2 atom stereocenters. The first-order chi connectivity index (χ1) is 17.9. The number of aryl methyl sites for hydroxylation is 2. The summed E-state index contributed by atoms with van der Waals surface area (Å²) in [7, 11) is 1.57. The van der Waals surface area contributed by atoms with Gasteiger partial charge in [-0.15, -0.1) is 0 Å². The number of ether oxygens (including phenoxy) is 1. The molecule has 1 aromatic carbocycles. The molecule has 3 aliphatic rings. The quantitative estimate of drug-likeness (QED) is 0.410. The molecule has 0 radical (unpaired) electrons. The summed E-state index contributed by atoms with van der Waals surface area (Å²) < 4.78 is 19.2. The van der Waals surface area contributed by atoms with Gasteiger partial charge in [-0.1, -0.05) is 0 Å². The van der Waals surface area contributed by atoms with E-state index in [-0.39, 0.29) is 5.82 Å². The molecule has 6 heterocycles. The molecule has 1 N–H and O–H groups in total. The Morgan fingerprint density at radius 1 is 1.03 bits per heavy atom. The number of rotatable bonds is 7. The summed E-state index contributed by atoms with van der Waals surface area (Å²) in [4.78, 5) is 19.0. The SMILES string of the molecule is COc1cc(F)cc(CN2C3CC2CN(c2ccc(-c4nc(C)cc(Cc5cc(C)[nH]n5)n4)cn2)C3)c1. The van der Waals surface area contributed by atoms with Crippen LogP contribution in [0.5, 0.6) is 5.75 Å². The zero-order chi connectivity index (χ0) is 25.5. The Bertz CT molecular complexity index is 1410. The monoisotopic (exact) mass is 499 g/mol. The second kappa shape index (κ2) is 9.55.